The summed E-state index contributed by atoms with van der Waals surface area (Å²) in [6.45, 7) is 0. The Balaban J connectivity index is 2.22. The van der Waals surface area contributed by atoms with Crippen LogP contribution in [-0.4, -0.2) is 4.98 Å². The van der Waals surface area contributed by atoms with Crippen molar-refractivity contribution < 1.29 is 4.39 Å². The number of hydrogen-bond donors (Lipinski definition) is 1. The molecule has 2 nitrogen and oxygen atoms in total. The summed E-state index contributed by atoms with van der Waals surface area (Å²) in [5.74, 6) is -0.250. The zero-order valence-corrected chi connectivity index (χ0v) is 9.67. The van der Waals surface area contributed by atoms with Gasteiger partial charge in [-0.25, -0.2) is 9.37 Å². The molecule has 0 unspecified atom stereocenters. The maximum atomic E-state index is 13.6. The Kier molecular flexibility index (Phi) is 2.30. The largest absolute Gasteiger partial charge is 0.399 e. The maximum Gasteiger partial charge on any atom is 0.133 e. The molecular formula is C13H9FN2S. The molecule has 0 radical (unpaired) electrons. The van der Waals surface area contributed by atoms with Gasteiger partial charge in [-0.05, 0) is 30.3 Å². The number of fused-ring (bicyclic) bond motifs is 1. The molecule has 0 aliphatic heterocycles. The van der Waals surface area contributed by atoms with Crippen molar-refractivity contribution in [3.8, 4) is 10.6 Å². The van der Waals surface area contributed by atoms with Crippen LogP contribution in [0.15, 0.2) is 42.5 Å². The van der Waals surface area contributed by atoms with Crippen LogP contribution in [0.1, 0.15) is 0 Å². The van der Waals surface area contributed by atoms with Crippen molar-refractivity contribution in [1.82, 2.24) is 4.98 Å². The van der Waals surface area contributed by atoms with Crippen LogP contribution >= 0.6 is 11.3 Å². The van der Waals surface area contributed by atoms with Crippen LogP contribution in [0, 0.1) is 5.82 Å². The van der Waals surface area contributed by atoms with Gasteiger partial charge in [0.05, 0.1) is 10.2 Å². The highest BCUT2D eigenvalue weighted by atomic mass is 32.1. The van der Waals surface area contributed by atoms with E-state index in [9.17, 15) is 4.39 Å². The molecule has 0 amide bonds. The zero-order valence-electron chi connectivity index (χ0n) is 8.85. The second-order valence-electron chi connectivity index (χ2n) is 3.73. The van der Waals surface area contributed by atoms with E-state index in [0.717, 1.165) is 10.2 Å². The first-order valence-corrected chi connectivity index (χ1v) is 5.96. The Labute approximate surface area is 102 Å². The summed E-state index contributed by atoms with van der Waals surface area (Å²) in [5, 5.41) is 0.684. The van der Waals surface area contributed by atoms with Crippen molar-refractivity contribution in [2.24, 2.45) is 0 Å². The Bertz CT molecular complexity index is 691. The van der Waals surface area contributed by atoms with Gasteiger partial charge in [-0.2, -0.15) is 0 Å². The van der Waals surface area contributed by atoms with E-state index in [1.54, 1.807) is 24.3 Å². The molecule has 0 aliphatic rings. The van der Waals surface area contributed by atoms with Crippen molar-refractivity contribution in [1.29, 1.82) is 0 Å². The smallest absolute Gasteiger partial charge is 0.133 e. The quantitative estimate of drug-likeness (QED) is 0.663. The van der Waals surface area contributed by atoms with E-state index in [1.165, 1.54) is 17.4 Å². The number of thiazole rings is 1. The van der Waals surface area contributed by atoms with Gasteiger partial charge in [0.15, 0.2) is 0 Å². The first-order chi connectivity index (χ1) is 8.24. The molecule has 0 spiro atoms. The van der Waals surface area contributed by atoms with Gasteiger partial charge < -0.3 is 5.73 Å². The van der Waals surface area contributed by atoms with Gasteiger partial charge in [0, 0.05) is 11.3 Å². The molecule has 0 fully saturated rings. The molecule has 17 heavy (non-hydrogen) atoms. The number of hydrogen-bond acceptors (Lipinski definition) is 3. The highest BCUT2D eigenvalue weighted by molar-refractivity contribution is 7.21. The Morgan fingerprint density at radius 2 is 1.94 bits per heavy atom. The van der Waals surface area contributed by atoms with Crippen LogP contribution in [0.25, 0.3) is 20.8 Å². The van der Waals surface area contributed by atoms with Gasteiger partial charge in [-0.15, -0.1) is 11.3 Å². The van der Waals surface area contributed by atoms with E-state index in [1.807, 2.05) is 12.1 Å². The first-order valence-electron chi connectivity index (χ1n) is 5.15. The van der Waals surface area contributed by atoms with Crippen LogP contribution in [-0.2, 0) is 0 Å². The highest BCUT2D eigenvalue weighted by Gasteiger charge is 2.09. The second kappa shape index (κ2) is 3.82. The SMILES string of the molecule is Nc1ccc2sc(-c3ccccc3F)nc2c1. The number of anilines is 1. The normalized spacial score (nSPS) is 10.9. The fourth-order valence-corrected chi connectivity index (χ4v) is 2.67. The lowest BCUT2D eigenvalue weighted by atomic mass is 10.2. The van der Waals surface area contributed by atoms with Gasteiger partial charge in [-0.1, -0.05) is 12.1 Å². The number of halogens is 1. The summed E-state index contributed by atoms with van der Waals surface area (Å²) >= 11 is 1.47. The summed E-state index contributed by atoms with van der Waals surface area (Å²) in [5.41, 5.74) is 7.71. The van der Waals surface area contributed by atoms with E-state index in [-0.39, 0.29) is 5.82 Å². The predicted octanol–water partition coefficient (Wildman–Crippen LogP) is 3.68. The van der Waals surface area contributed by atoms with Crippen LogP contribution in [0.5, 0.6) is 0 Å². The average Bonchev–Trinajstić information content (AvgIpc) is 2.72. The van der Waals surface area contributed by atoms with Crippen molar-refractivity contribution in [3.63, 3.8) is 0 Å². The summed E-state index contributed by atoms with van der Waals surface area (Å²) in [6.07, 6.45) is 0. The van der Waals surface area contributed by atoms with Gasteiger partial charge in [0.2, 0.25) is 0 Å². The molecule has 3 aromatic rings. The van der Waals surface area contributed by atoms with E-state index < -0.39 is 0 Å². The molecule has 2 aromatic carbocycles. The number of nitrogens with zero attached hydrogens (tertiary/aromatic N) is 1. The van der Waals surface area contributed by atoms with Crippen LogP contribution in [0.3, 0.4) is 0 Å². The predicted molar refractivity (Wildman–Crippen MR) is 69.4 cm³/mol. The zero-order chi connectivity index (χ0) is 11.8. The Hall–Kier alpha value is -1.94. The topological polar surface area (TPSA) is 38.9 Å². The van der Waals surface area contributed by atoms with Gasteiger partial charge in [0.25, 0.3) is 0 Å². The minimum absolute atomic E-state index is 0.250. The number of rotatable bonds is 1. The number of aromatic nitrogens is 1. The summed E-state index contributed by atoms with van der Waals surface area (Å²) in [4.78, 5) is 4.40. The second-order valence-corrected chi connectivity index (χ2v) is 4.76. The lowest BCUT2D eigenvalue weighted by Gasteiger charge is -1.96. The summed E-state index contributed by atoms with van der Waals surface area (Å²) in [7, 11) is 0. The fourth-order valence-electron chi connectivity index (χ4n) is 1.69. The van der Waals surface area contributed by atoms with E-state index in [4.69, 9.17) is 5.73 Å². The Morgan fingerprint density at radius 3 is 2.76 bits per heavy atom. The van der Waals surface area contributed by atoms with E-state index >= 15 is 0 Å². The van der Waals surface area contributed by atoms with Gasteiger partial charge in [-0.3, -0.25) is 0 Å². The van der Waals surface area contributed by atoms with Crippen LogP contribution in [0.4, 0.5) is 10.1 Å². The molecule has 0 saturated heterocycles. The summed E-state index contributed by atoms with van der Waals surface area (Å²) in [6, 6.07) is 12.2. The van der Waals surface area contributed by atoms with Crippen molar-refractivity contribution in [3.05, 3.63) is 48.3 Å². The molecule has 1 aromatic heterocycles. The van der Waals surface area contributed by atoms with E-state index in [2.05, 4.69) is 4.98 Å². The number of benzene rings is 2. The standard InChI is InChI=1S/C13H9FN2S/c14-10-4-2-1-3-9(10)13-16-11-7-8(15)5-6-12(11)17-13/h1-7H,15H2. The maximum absolute atomic E-state index is 13.6. The first kappa shape index (κ1) is 10.2. The van der Waals surface area contributed by atoms with Crippen molar-refractivity contribution in [2.75, 3.05) is 5.73 Å². The van der Waals surface area contributed by atoms with Crippen LogP contribution in [0.2, 0.25) is 0 Å². The molecule has 0 atom stereocenters. The van der Waals surface area contributed by atoms with Crippen molar-refractivity contribution in [2.45, 2.75) is 0 Å². The molecule has 0 saturated carbocycles. The van der Waals surface area contributed by atoms with Gasteiger partial charge >= 0.3 is 0 Å². The molecule has 0 bridgehead atoms. The number of nitrogens with two attached hydrogens (primary N) is 1. The van der Waals surface area contributed by atoms with Crippen molar-refractivity contribution >= 4 is 27.2 Å². The number of nitrogen functional groups attached to an aromatic ring is 1. The minimum atomic E-state index is -0.250. The lowest BCUT2D eigenvalue weighted by molar-refractivity contribution is 0.631. The third-order valence-electron chi connectivity index (χ3n) is 2.52. The average molecular weight is 244 g/mol. The third kappa shape index (κ3) is 1.76. The van der Waals surface area contributed by atoms with Crippen LogP contribution < -0.4 is 5.73 Å². The third-order valence-corrected chi connectivity index (χ3v) is 3.59. The molecule has 0 aliphatic carbocycles. The Morgan fingerprint density at radius 1 is 1.12 bits per heavy atom. The monoisotopic (exact) mass is 244 g/mol. The molecule has 3 rings (SSSR count). The summed E-state index contributed by atoms with van der Waals surface area (Å²) < 4.78 is 14.6. The molecule has 4 heteroatoms. The van der Waals surface area contributed by atoms with E-state index in [0.29, 0.717) is 16.3 Å². The highest BCUT2D eigenvalue weighted by Crippen LogP contribution is 2.32. The minimum Gasteiger partial charge on any atom is -0.399 e. The molecule has 2 N–H and O–H groups in total. The fraction of sp³-hybridized carbons (Fsp3) is 0. The van der Waals surface area contributed by atoms with Gasteiger partial charge in [0.1, 0.15) is 10.8 Å². The molecule has 84 valence electrons. The molecule has 1 heterocycles. The lowest BCUT2D eigenvalue weighted by Crippen LogP contribution is -1.83. The molecular weight excluding hydrogens is 235 g/mol.